The quantitative estimate of drug-likeness (QED) is 0.460. The van der Waals surface area contributed by atoms with E-state index in [1.54, 1.807) is 6.07 Å². The molecule has 1 atom stereocenters. The van der Waals surface area contributed by atoms with Gasteiger partial charge in [-0.1, -0.05) is 12.8 Å². The SMILES string of the molecule is NC(CCCCB(O)O)C1CCN(c2ccc(C(F)F)cn2)CC1.O=C=O. The van der Waals surface area contributed by atoms with Gasteiger partial charge < -0.3 is 20.7 Å². The lowest BCUT2D eigenvalue weighted by atomic mass is 9.82. The van der Waals surface area contributed by atoms with Gasteiger partial charge in [-0.15, -0.1) is 0 Å². The summed E-state index contributed by atoms with van der Waals surface area (Å²) < 4.78 is 25.1. The Morgan fingerprint density at radius 2 is 1.89 bits per heavy atom. The van der Waals surface area contributed by atoms with Crippen LogP contribution < -0.4 is 10.6 Å². The zero-order valence-electron chi connectivity index (χ0n) is 15.1. The number of unbranched alkanes of at least 4 members (excludes halogenated alkanes) is 1. The normalized spacial score (nSPS) is 15.7. The number of carbonyl (C=O) groups excluding carboxylic acids is 2. The molecule has 0 aromatic carbocycles. The largest absolute Gasteiger partial charge is 0.451 e. The molecule has 0 radical (unpaired) electrons. The average Bonchev–Trinajstić information content (AvgIpc) is 2.66. The van der Waals surface area contributed by atoms with Gasteiger partial charge in [-0.25, -0.2) is 13.8 Å². The number of rotatable bonds is 8. The van der Waals surface area contributed by atoms with E-state index in [-0.39, 0.29) is 17.8 Å². The standard InChI is InChI=1S/C16H26BF2N3O2.CO2/c18-16(19)13-4-5-15(21-11-13)22-9-6-12(7-10-22)14(20)3-1-2-8-17(23)24;2-1-3/h4-5,11-12,14,16,23-24H,1-3,6-10,20H2;. The minimum atomic E-state index is -2.48. The highest BCUT2D eigenvalue weighted by Gasteiger charge is 2.25. The summed E-state index contributed by atoms with van der Waals surface area (Å²) in [4.78, 5) is 22.5. The van der Waals surface area contributed by atoms with Crippen LogP contribution in [0.2, 0.25) is 6.32 Å². The zero-order valence-corrected chi connectivity index (χ0v) is 15.1. The smallest absolute Gasteiger partial charge is 0.427 e. The van der Waals surface area contributed by atoms with Gasteiger partial charge in [0.05, 0.1) is 0 Å². The third-order valence-electron chi connectivity index (χ3n) is 4.74. The molecule has 1 aliphatic heterocycles. The van der Waals surface area contributed by atoms with Gasteiger partial charge in [0.1, 0.15) is 5.82 Å². The van der Waals surface area contributed by atoms with E-state index in [4.69, 9.17) is 25.4 Å². The van der Waals surface area contributed by atoms with Crippen LogP contribution in [0.3, 0.4) is 0 Å². The van der Waals surface area contributed by atoms with E-state index >= 15 is 0 Å². The maximum atomic E-state index is 12.6. The molecule has 4 N–H and O–H groups in total. The third-order valence-corrected chi connectivity index (χ3v) is 4.74. The third kappa shape index (κ3) is 8.58. The minimum absolute atomic E-state index is 0.0522. The molecule has 1 aromatic heterocycles. The maximum Gasteiger partial charge on any atom is 0.451 e. The molecule has 0 spiro atoms. The van der Waals surface area contributed by atoms with Crippen LogP contribution in [0, 0.1) is 5.92 Å². The van der Waals surface area contributed by atoms with Crippen molar-refractivity contribution in [3.05, 3.63) is 23.9 Å². The number of alkyl halides is 2. The summed E-state index contributed by atoms with van der Waals surface area (Å²) >= 11 is 0. The second-order valence-electron chi connectivity index (χ2n) is 6.59. The Morgan fingerprint density at radius 3 is 2.37 bits per heavy atom. The fraction of sp³-hybridized carbons (Fsp3) is 0.647. The van der Waals surface area contributed by atoms with Crippen LogP contribution in [-0.4, -0.2) is 47.4 Å². The highest BCUT2D eigenvalue weighted by atomic mass is 19.3. The molecule has 10 heteroatoms. The summed E-state index contributed by atoms with van der Waals surface area (Å²) in [6.07, 6.45) is 3.88. The number of nitrogens with two attached hydrogens (primary N) is 1. The molecule has 2 rings (SSSR count). The first-order valence-electron chi connectivity index (χ1n) is 8.99. The predicted molar refractivity (Wildman–Crippen MR) is 96.0 cm³/mol. The van der Waals surface area contributed by atoms with Crippen molar-refractivity contribution in [2.45, 2.75) is 50.9 Å². The summed E-state index contributed by atoms with van der Waals surface area (Å²) in [5, 5.41) is 17.6. The molecule has 1 fully saturated rings. The second-order valence-corrected chi connectivity index (χ2v) is 6.59. The first kappa shape index (κ1) is 23.2. The first-order chi connectivity index (χ1) is 12.9. The van der Waals surface area contributed by atoms with Crippen LogP contribution in [0.25, 0.3) is 0 Å². The topological polar surface area (TPSA) is 117 Å². The number of pyridine rings is 1. The minimum Gasteiger partial charge on any atom is -0.427 e. The van der Waals surface area contributed by atoms with Gasteiger partial charge >= 0.3 is 13.3 Å². The Bertz CT molecular complexity index is 564. The summed E-state index contributed by atoms with van der Waals surface area (Å²) in [6.45, 7) is 1.66. The van der Waals surface area contributed by atoms with E-state index in [9.17, 15) is 8.78 Å². The summed E-state index contributed by atoms with van der Waals surface area (Å²) in [5.74, 6) is 1.18. The van der Waals surface area contributed by atoms with Crippen molar-refractivity contribution in [2.24, 2.45) is 11.7 Å². The molecule has 150 valence electrons. The number of nitrogens with zero attached hydrogens (tertiary/aromatic N) is 2. The molecule has 1 unspecified atom stereocenters. The van der Waals surface area contributed by atoms with Crippen LogP contribution in [0.15, 0.2) is 18.3 Å². The van der Waals surface area contributed by atoms with E-state index in [0.717, 1.165) is 51.0 Å². The van der Waals surface area contributed by atoms with Crippen molar-refractivity contribution >= 4 is 19.1 Å². The van der Waals surface area contributed by atoms with Crippen molar-refractivity contribution in [1.29, 1.82) is 0 Å². The highest BCUT2D eigenvalue weighted by molar-refractivity contribution is 6.40. The molecule has 27 heavy (non-hydrogen) atoms. The number of piperidine rings is 1. The number of anilines is 1. The monoisotopic (exact) mass is 385 g/mol. The lowest BCUT2D eigenvalue weighted by Crippen LogP contribution is -2.41. The van der Waals surface area contributed by atoms with Crippen LogP contribution in [0.5, 0.6) is 0 Å². The molecule has 1 aromatic rings. The molecule has 0 aliphatic carbocycles. The molecular weight excluding hydrogens is 359 g/mol. The Kier molecular flexibility index (Phi) is 10.7. The molecule has 7 nitrogen and oxygen atoms in total. The van der Waals surface area contributed by atoms with Gasteiger partial charge in [0.2, 0.25) is 0 Å². The van der Waals surface area contributed by atoms with Crippen molar-refractivity contribution in [1.82, 2.24) is 4.98 Å². The summed E-state index contributed by atoms with van der Waals surface area (Å²) in [5.41, 5.74) is 6.21. The lowest BCUT2D eigenvalue weighted by molar-refractivity contribution is -0.191. The van der Waals surface area contributed by atoms with E-state index in [0.29, 0.717) is 12.2 Å². The molecular formula is C17H26BF2N3O4. The second kappa shape index (κ2) is 12.5. The molecule has 2 heterocycles. The Hall–Kier alpha value is -1.87. The molecule has 0 saturated carbocycles. The predicted octanol–water partition coefficient (Wildman–Crippen LogP) is 1.62. The highest BCUT2D eigenvalue weighted by Crippen LogP contribution is 2.26. The van der Waals surface area contributed by atoms with Gasteiger partial charge in [-0.2, -0.15) is 9.59 Å². The van der Waals surface area contributed by atoms with Gasteiger partial charge in [0.15, 0.2) is 0 Å². The van der Waals surface area contributed by atoms with E-state index in [2.05, 4.69) is 9.88 Å². The fourth-order valence-corrected chi connectivity index (χ4v) is 3.21. The van der Waals surface area contributed by atoms with Crippen molar-refractivity contribution in [2.75, 3.05) is 18.0 Å². The van der Waals surface area contributed by atoms with E-state index in [1.807, 2.05) is 0 Å². The molecule has 0 amide bonds. The van der Waals surface area contributed by atoms with Crippen LogP contribution in [0.4, 0.5) is 14.6 Å². The van der Waals surface area contributed by atoms with Crippen molar-refractivity contribution in [3.8, 4) is 0 Å². The number of halogens is 2. The zero-order chi connectivity index (χ0) is 20.2. The Balaban J connectivity index is 0.00000114. The summed E-state index contributed by atoms with van der Waals surface area (Å²) in [6, 6.07) is 3.21. The van der Waals surface area contributed by atoms with Gasteiger partial charge in [0, 0.05) is 30.9 Å². The van der Waals surface area contributed by atoms with Gasteiger partial charge in [-0.3, -0.25) is 0 Å². The fourth-order valence-electron chi connectivity index (χ4n) is 3.21. The van der Waals surface area contributed by atoms with Crippen LogP contribution in [0.1, 0.15) is 44.1 Å². The lowest BCUT2D eigenvalue weighted by Gasteiger charge is -2.35. The summed E-state index contributed by atoms with van der Waals surface area (Å²) in [7, 11) is -1.23. The Labute approximate surface area is 157 Å². The molecule has 1 aliphatic rings. The van der Waals surface area contributed by atoms with Crippen LogP contribution >= 0.6 is 0 Å². The van der Waals surface area contributed by atoms with Crippen molar-refractivity contribution in [3.63, 3.8) is 0 Å². The first-order valence-corrected chi connectivity index (χ1v) is 8.99. The van der Waals surface area contributed by atoms with Gasteiger partial charge in [-0.05, 0) is 43.6 Å². The van der Waals surface area contributed by atoms with Gasteiger partial charge in [0.25, 0.3) is 6.43 Å². The average molecular weight is 385 g/mol. The molecule has 1 saturated heterocycles. The number of hydrogen-bond donors (Lipinski definition) is 3. The maximum absolute atomic E-state index is 12.6. The van der Waals surface area contributed by atoms with Crippen molar-refractivity contribution < 1.29 is 28.4 Å². The molecule has 0 bridgehead atoms. The number of hydrogen-bond acceptors (Lipinski definition) is 7. The van der Waals surface area contributed by atoms with E-state index in [1.165, 1.54) is 12.3 Å². The van der Waals surface area contributed by atoms with E-state index < -0.39 is 13.5 Å². The Morgan fingerprint density at radius 1 is 1.26 bits per heavy atom. The van der Waals surface area contributed by atoms with Crippen LogP contribution in [-0.2, 0) is 9.59 Å². The number of aromatic nitrogens is 1.